The minimum atomic E-state index is -0.640. The third-order valence-electron chi connectivity index (χ3n) is 4.14. The van der Waals surface area contributed by atoms with Gasteiger partial charge < -0.3 is 19.4 Å². The number of benzene rings is 1. The van der Waals surface area contributed by atoms with Crippen LogP contribution < -0.4 is 5.32 Å². The Morgan fingerprint density at radius 3 is 2.68 bits per heavy atom. The predicted molar refractivity (Wildman–Crippen MR) is 91.2 cm³/mol. The number of aliphatic hydroxyl groups excluding tert-OH is 1. The molecule has 2 N–H and O–H groups in total. The highest BCUT2D eigenvalue weighted by molar-refractivity contribution is 5.96. The Hall–Kier alpha value is -2.86. The summed E-state index contributed by atoms with van der Waals surface area (Å²) in [6, 6.07) is 10.8. The van der Waals surface area contributed by atoms with Gasteiger partial charge in [-0.25, -0.2) is 4.39 Å². The lowest BCUT2D eigenvalue weighted by Crippen LogP contribution is -2.30. The molecule has 6 heteroatoms. The highest BCUT2D eigenvalue weighted by Crippen LogP contribution is 2.23. The van der Waals surface area contributed by atoms with Gasteiger partial charge in [-0.1, -0.05) is 12.1 Å². The van der Waals surface area contributed by atoms with Gasteiger partial charge in [0, 0.05) is 11.4 Å². The number of aromatic nitrogens is 1. The minimum Gasteiger partial charge on any atom is -0.467 e. The van der Waals surface area contributed by atoms with Gasteiger partial charge in [0.15, 0.2) is 0 Å². The average Bonchev–Trinajstić information content (AvgIpc) is 3.22. The lowest BCUT2D eigenvalue weighted by Gasteiger charge is -2.14. The fourth-order valence-corrected chi connectivity index (χ4v) is 2.93. The maximum atomic E-state index is 14.1. The summed E-state index contributed by atoms with van der Waals surface area (Å²) in [5, 5.41) is 12.3. The van der Waals surface area contributed by atoms with Crippen molar-refractivity contribution in [2.45, 2.75) is 19.9 Å². The number of carbonyl (C=O) groups excluding carboxylic acids is 1. The van der Waals surface area contributed by atoms with E-state index in [1.54, 1.807) is 47.9 Å². The van der Waals surface area contributed by atoms with Crippen LogP contribution in [0, 0.1) is 19.7 Å². The first kappa shape index (κ1) is 17.0. The molecule has 1 aromatic carbocycles. The molecule has 3 aromatic rings. The molecule has 0 spiro atoms. The first-order chi connectivity index (χ1) is 12.0. The van der Waals surface area contributed by atoms with Crippen LogP contribution >= 0.6 is 0 Å². The Morgan fingerprint density at radius 2 is 2.04 bits per heavy atom. The van der Waals surface area contributed by atoms with E-state index in [2.05, 4.69) is 5.32 Å². The van der Waals surface area contributed by atoms with Crippen LogP contribution in [0.4, 0.5) is 4.39 Å². The first-order valence-electron chi connectivity index (χ1n) is 7.92. The molecule has 5 nitrogen and oxygen atoms in total. The highest BCUT2D eigenvalue weighted by atomic mass is 19.1. The van der Waals surface area contributed by atoms with Crippen molar-refractivity contribution in [2.24, 2.45) is 0 Å². The Morgan fingerprint density at radius 1 is 1.28 bits per heavy atom. The molecular weight excluding hydrogens is 323 g/mol. The smallest absolute Gasteiger partial charge is 0.253 e. The molecule has 3 rings (SSSR count). The Balaban J connectivity index is 1.92. The Kier molecular flexibility index (Phi) is 4.72. The number of para-hydroxylation sites is 1. The molecular formula is C19H19FN2O3. The molecule has 0 aliphatic heterocycles. The van der Waals surface area contributed by atoms with Gasteiger partial charge in [-0.15, -0.1) is 0 Å². The molecule has 1 amide bonds. The molecule has 1 unspecified atom stereocenters. The molecule has 0 radical (unpaired) electrons. The number of furan rings is 1. The van der Waals surface area contributed by atoms with Crippen molar-refractivity contribution < 1.29 is 18.7 Å². The SMILES string of the molecule is Cc1cc(C(=O)NC(CO)c2ccco2)c(C)n1-c1ccccc1F. The number of nitrogens with zero attached hydrogens (tertiary/aromatic N) is 1. The van der Waals surface area contributed by atoms with Crippen LogP contribution in [0.5, 0.6) is 0 Å². The van der Waals surface area contributed by atoms with Gasteiger partial charge in [-0.3, -0.25) is 4.79 Å². The number of carbonyl (C=O) groups is 1. The fourth-order valence-electron chi connectivity index (χ4n) is 2.93. The summed E-state index contributed by atoms with van der Waals surface area (Å²) in [5.41, 5.74) is 2.18. The maximum Gasteiger partial charge on any atom is 0.253 e. The van der Waals surface area contributed by atoms with Gasteiger partial charge in [0.25, 0.3) is 5.91 Å². The Bertz CT molecular complexity index is 884. The fraction of sp³-hybridized carbons (Fsp3) is 0.211. The van der Waals surface area contributed by atoms with E-state index in [-0.39, 0.29) is 18.3 Å². The topological polar surface area (TPSA) is 67.4 Å². The van der Waals surface area contributed by atoms with E-state index in [9.17, 15) is 14.3 Å². The zero-order chi connectivity index (χ0) is 18.0. The molecule has 0 saturated heterocycles. The third kappa shape index (κ3) is 3.21. The van der Waals surface area contributed by atoms with Crippen LogP contribution in [-0.2, 0) is 0 Å². The van der Waals surface area contributed by atoms with Crippen molar-refractivity contribution in [1.29, 1.82) is 0 Å². The van der Waals surface area contributed by atoms with Crippen molar-refractivity contribution in [2.75, 3.05) is 6.61 Å². The largest absolute Gasteiger partial charge is 0.467 e. The summed E-state index contributed by atoms with van der Waals surface area (Å²) in [5.74, 6) is -0.245. The predicted octanol–water partition coefficient (Wildman–Crippen LogP) is 3.29. The number of hydrogen-bond acceptors (Lipinski definition) is 3. The summed E-state index contributed by atoms with van der Waals surface area (Å²) in [7, 11) is 0. The van der Waals surface area contributed by atoms with Gasteiger partial charge in [-0.2, -0.15) is 0 Å². The van der Waals surface area contributed by atoms with E-state index in [1.165, 1.54) is 12.3 Å². The zero-order valence-corrected chi connectivity index (χ0v) is 14.0. The Labute approximate surface area is 144 Å². The van der Waals surface area contributed by atoms with E-state index in [0.29, 0.717) is 22.7 Å². The first-order valence-corrected chi connectivity index (χ1v) is 7.92. The van der Waals surface area contributed by atoms with Crippen LogP contribution in [0.2, 0.25) is 0 Å². The standard InChI is InChI=1S/C19H19FN2O3/c1-12-10-14(13(2)22(12)17-7-4-3-6-15(17)20)19(24)21-16(11-23)18-8-5-9-25-18/h3-10,16,23H,11H2,1-2H3,(H,21,24). The summed E-state index contributed by atoms with van der Waals surface area (Å²) >= 11 is 0. The van der Waals surface area contributed by atoms with E-state index < -0.39 is 6.04 Å². The van der Waals surface area contributed by atoms with Crippen LogP contribution in [0.25, 0.3) is 5.69 Å². The molecule has 130 valence electrons. The monoisotopic (exact) mass is 342 g/mol. The van der Waals surface area contributed by atoms with Crippen LogP contribution in [0.3, 0.4) is 0 Å². The van der Waals surface area contributed by atoms with Crippen LogP contribution in [0.1, 0.15) is 33.5 Å². The second-order valence-corrected chi connectivity index (χ2v) is 5.80. The summed E-state index contributed by atoms with van der Waals surface area (Å²) in [6.45, 7) is 3.28. The molecule has 2 heterocycles. The average molecular weight is 342 g/mol. The lowest BCUT2D eigenvalue weighted by atomic mass is 10.2. The quantitative estimate of drug-likeness (QED) is 0.748. The minimum absolute atomic E-state index is 0.286. The van der Waals surface area contributed by atoms with Gasteiger partial charge in [0.1, 0.15) is 17.6 Å². The highest BCUT2D eigenvalue weighted by Gasteiger charge is 2.22. The molecule has 25 heavy (non-hydrogen) atoms. The van der Waals surface area contributed by atoms with Crippen molar-refractivity contribution >= 4 is 5.91 Å². The number of aliphatic hydroxyl groups is 1. The van der Waals surface area contributed by atoms with E-state index in [1.807, 2.05) is 6.92 Å². The summed E-state index contributed by atoms with van der Waals surface area (Å²) < 4.78 is 21.1. The van der Waals surface area contributed by atoms with E-state index in [0.717, 1.165) is 5.69 Å². The number of amides is 1. The van der Waals surface area contributed by atoms with Gasteiger partial charge in [-0.05, 0) is 44.2 Å². The van der Waals surface area contributed by atoms with E-state index >= 15 is 0 Å². The molecule has 0 bridgehead atoms. The number of nitrogens with one attached hydrogen (secondary N) is 1. The van der Waals surface area contributed by atoms with Gasteiger partial charge in [0.2, 0.25) is 0 Å². The third-order valence-corrected chi connectivity index (χ3v) is 4.14. The van der Waals surface area contributed by atoms with Crippen molar-refractivity contribution in [1.82, 2.24) is 9.88 Å². The molecule has 0 aliphatic rings. The number of aryl methyl sites for hydroxylation is 1. The maximum absolute atomic E-state index is 14.1. The molecule has 2 aromatic heterocycles. The second kappa shape index (κ2) is 6.94. The van der Waals surface area contributed by atoms with Crippen molar-refractivity contribution in [3.63, 3.8) is 0 Å². The van der Waals surface area contributed by atoms with Crippen LogP contribution in [0.15, 0.2) is 53.1 Å². The molecule has 0 fully saturated rings. The van der Waals surface area contributed by atoms with E-state index in [4.69, 9.17) is 4.42 Å². The van der Waals surface area contributed by atoms with Gasteiger partial charge >= 0.3 is 0 Å². The lowest BCUT2D eigenvalue weighted by molar-refractivity contribution is 0.0906. The number of hydrogen-bond donors (Lipinski definition) is 2. The van der Waals surface area contributed by atoms with Crippen LogP contribution in [-0.4, -0.2) is 22.2 Å². The number of halogens is 1. The zero-order valence-electron chi connectivity index (χ0n) is 14.0. The van der Waals surface area contributed by atoms with Gasteiger partial charge in [0.05, 0.1) is 24.1 Å². The van der Waals surface area contributed by atoms with Crippen molar-refractivity contribution in [3.05, 3.63) is 77.3 Å². The summed E-state index contributed by atoms with van der Waals surface area (Å²) in [6.07, 6.45) is 1.48. The summed E-state index contributed by atoms with van der Waals surface area (Å²) in [4.78, 5) is 12.6. The normalized spacial score (nSPS) is 12.2. The molecule has 1 atom stereocenters. The second-order valence-electron chi connectivity index (χ2n) is 5.80. The van der Waals surface area contributed by atoms with Crippen molar-refractivity contribution in [3.8, 4) is 5.69 Å². The molecule has 0 aliphatic carbocycles. The number of rotatable bonds is 5. The molecule has 0 saturated carbocycles.